The highest BCUT2D eigenvalue weighted by Gasteiger charge is 2.29. The van der Waals surface area contributed by atoms with Gasteiger partial charge in [-0.3, -0.25) is 0 Å². The fourth-order valence-corrected chi connectivity index (χ4v) is 4.47. The second-order valence-electron chi connectivity index (χ2n) is 5.84. The van der Waals surface area contributed by atoms with Crippen molar-refractivity contribution in [3.63, 3.8) is 0 Å². The van der Waals surface area contributed by atoms with Gasteiger partial charge in [-0.05, 0) is 36.8 Å². The molecule has 1 saturated heterocycles. The number of sulfonamides is 1. The molecular formula is C18H19N3O2S. The molecular weight excluding hydrogens is 322 g/mol. The third-order valence-corrected chi connectivity index (χ3v) is 6.13. The predicted octanol–water partition coefficient (Wildman–Crippen LogP) is 2.38. The molecule has 0 atom stereocenters. The summed E-state index contributed by atoms with van der Waals surface area (Å²) in [5, 5.41) is 9.22. The number of aryl methyl sites for hydroxylation is 1. The van der Waals surface area contributed by atoms with Crippen LogP contribution in [0.3, 0.4) is 0 Å². The largest absolute Gasteiger partial charge is 0.368 e. The van der Waals surface area contributed by atoms with E-state index in [1.165, 1.54) is 4.31 Å². The molecule has 0 amide bonds. The third kappa shape index (κ3) is 3.14. The zero-order valence-electron chi connectivity index (χ0n) is 13.5. The fraction of sp³-hybridized carbons (Fsp3) is 0.278. The zero-order chi connectivity index (χ0) is 17.2. The van der Waals surface area contributed by atoms with Gasteiger partial charge in [0.15, 0.2) is 0 Å². The van der Waals surface area contributed by atoms with Crippen molar-refractivity contribution in [3.05, 3.63) is 59.7 Å². The van der Waals surface area contributed by atoms with Gasteiger partial charge >= 0.3 is 0 Å². The van der Waals surface area contributed by atoms with E-state index in [1.807, 2.05) is 31.2 Å². The highest BCUT2D eigenvalue weighted by atomic mass is 32.2. The minimum Gasteiger partial charge on any atom is -0.368 e. The van der Waals surface area contributed by atoms with Crippen LogP contribution >= 0.6 is 0 Å². The van der Waals surface area contributed by atoms with E-state index in [0.29, 0.717) is 36.6 Å². The van der Waals surface area contributed by atoms with Crippen molar-refractivity contribution >= 4 is 15.7 Å². The molecule has 0 unspecified atom stereocenters. The second kappa shape index (κ2) is 6.63. The van der Waals surface area contributed by atoms with E-state index in [1.54, 1.807) is 24.3 Å². The predicted molar refractivity (Wildman–Crippen MR) is 93.3 cm³/mol. The van der Waals surface area contributed by atoms with E-state index in [2.05, 4.69) is 11.0 Å². The van der Waals surface area contributed by atoms with Crippen LogP contribution in [0.1, 0.15) is 11.1 Å². The van der Waals surface area contributed by atoms with Gasteiger partial charge < -0.3 is 4.90 Å². The fourth-order valence-electron chi connectivity index (χ4n) is 2.94. The van der Waals surface area contributed by atoms with Crippen molar-refractivity contribution in [2.45, 2.75) is 11.8 Å². The molecule has 2 aromatic rings. The summed E-state index contributed by atoms with van der Waals surface area (Å²) in [4.78, 5) is 2.41. The maximum Gasteiger partial charge on any atom is 0.243 e. The quantitative estimate of drug-likeness (QED) is 0.860. The lowest BCUT2D eigenvalue weighted by molar-refractivity contribution is 0.385. The van der Waals surface area contributed by atoms with Gasteiger partial charge in [-0.1, -0.05) is 24.3 Å². The number of anilines is 1. The maximum absolute atomic E-state index is 12.8. The Kier molecular flexibility index (Phi) is 4.56. The number of para-hydroxylation sites is 1. The number of hydrogen-bond acceptors (Lipinski definition) is 4. The summed E-state index contributed by atoms with van der Waals surface area (Å²) in [6, 6.07) is 16.6. The molecule has 1 aliphatic heterocycles. The molecule has 0 saturated carbocycles. The molecule has 0 aromatic heterocycles. The summed E-state index contributed by atoms with van der Waals surface area (Å²) in [5.41, 5.74) is 2.41. The molecule has 0 radical (unpaired) electrons. The summed E-state index contributed by atoms with van der Waals surface area (Å²) in [5.74, 6) is 0. The average Bonchev–Trinajstić information content (AvgIpc) is 2.62. The van der Waals surface area contributed by atoms with Crippen LogP contribution in [0.4, 0.5) is 5.69 Å². The molecule has 0 aliphatic carbocycles. The molecule has 5 nitrogen and oxygen atoms in total. The summed E-state index contributed by atoms with van der Waals surface area (Å²) in [6.45, 7) is 3.86. The molecule has 0 N–H and O–H groups in total. The van der Waals surface area contributed by atoms with Crippen LogP contribution < -0.4 is 4.90 Å². The Labute approximate surface area is 142 Å². The lowest BCUT2D eigenvalue weighted by atomic mass is 10.1. The first-order valence-electron chi connectivity index (χ1n) is 7.83. The third-order valence-electron chi connectivity index (χ3n) is 4.23. The van der Waals surface area contributed by atoms with Crippen LogP contribution in [0.15, 0.2) is 53.4 Å². The molecule has 6 heteroatoms. The monoisotopic (exact) mass is 341 g/mol. The van der Waals surface area contributed by atoms with Gasteiger partial charge in [-0.2, -0.15) is 9.57 Å². The topological polar surface area (TPSA) is 64.4 Å². The highest BCUT2D eigenvalue weighted by molar-refractivity contribution is 7.89. The first-order valence-corrected chi connectivity index (χ1v) is 9.27. The number of piperazine rings is 1. The molecule has 1 fully saturated rings. The SMILES string of the molecule is Cc1cccc(S(=O)(=O)N2CCN(c3ccccc3C#N)CC2)c1. The second-order valence-corrected chi connectivity index (χ2v) is 7.77. The minimum absolute atomic E-state index is 0.341. The van der Waals surface area contributed by atoms with Gasteiger partial charge in [0, 0.05) is 26.2 Å². The Bertz CT molecular complexity index is 879. The van der Waals surface area contributed by atoms with Gasteiger partial charge in [-0.25, -0.2) is 8.42 Å². The average molecular weight is 341 g/mol. The van der Waals surface area contributed by atoms with Gasteiger partial charge in [-0.15, -0.1) is 0 Å². The van der Waals surface area contributed by atoms with E-state index >= 15 is 0 Å². The summed E-state index contributed by atoms with van der Waals surface area (Å²) < 4.78 is 27.0. The van der Waals surface area contributed by atoms with Crippen LogP contribution in [-0.4, -0.2) is 38.9 Å². The Balaban J connectivity index is 1.77. The Hall–Kier alpha value is -2.36. The molecule has 24 heavy (non-hydrogen) atoms. The number of hydrogen-bond donors (Lipinski definition) is 0. The van der Waals surface area contributed by atoms with E-state index in [0.717, 1.165) is 11.3 Å². The van der Waals surface area contributed by atoms with Crippen LogP contribution in [0.25, 0.3) is 0 Å². The van der Waals surface area contributed by atoms with Crippen LogP contribution in [0, 0.1) is 18.3 Å². The van der Waals surface area contributed by atoms with E-state index in [-0.39, 0.29) is 0 Å². The maximum atomic E-state index is 12.8. The first-order chi connectivity index (χ1) is 11.5. The molecule has 0 spiro atoms. The van der Waals surface area contributed by atoms with Crippen molar-refractivity contribution in [1.82, 2.24) is 4.31 Å². The summed E-state index contributed by atoms with van der Waals surface area (Å²) >= 11 is 0. The summed E-state index contributed by atoms with van der Waals surface area (Å²) in [7, 11) is -3.46. The van der Waals surface area contributed by atoms with Crippen LogP contribution in [-0.2, 0) is 10.0 Å². The molecule has 2 aromatic carbocycles. The van der Waals surface area contributed by atoms with Crippen LogP contribution in [0.2, 0.25) is 0 Å². The molecule has 0 bridgehead atoms. The Morgan fingerprint density at radius 3 is 2.38 bits per heavy atom. The molecule has 124 valence electrons. The van der Waals surface area contributed by atoms with Crippen molar-refractivity contribution in [2.75, 3.05) is 31.1 Å². The summed E-state index contributed by atoms with van der Waals surface area (Å²) in [6.07, 6.45) is 0. The minimum atomic E-state index is -3.46. The van der Waals surface area contributed by atoms with Gasteiger partial charge in [0.25, 0.3) is 0 Å². The Morgan fingerprint density at radius 1 is 1.00 bits per heavy atom. The molecule has 1 heterocycles. The van der Waals surface area contributed by atoms with Crippen molar-refractivity contribution < 1.29 is 8.42 Å². The van der Waals surface area contributed by atoms with Crippen molar-refractivity contribution in [2.24, 2.45) is 0 Å². The van der Waals surface area contributed by atoms with E-state index < -0.39 is 10.0 Å². The normalized spacial score (nSPS) is 15.9. The smallest absolute Gasteiger partial charge is 0.243 e. The lowest BCUT2D eigenvalue weighted by Gasteiger charge is -2.35. The van der Waals surface area contributed by atoms with Gasteiger partial charge in [0.2, 0.25) is 10.0 Å². The van der Waals surface area contributed by atoms with Gasteiger partial charge in [0.1, 0.15) is 6.07 Å². The van der Waals surface area contributed by atoms with Crippen molar-refractivity contribution in [1.29, 1.82) is 5.26 Å². The number of nitriles is 1. The number of benzene rings is 2. The zero-order valence-corrected chi connectivity index (χ0v) is 14.3. The van der Waals surface area contributed by atoms with E-state index in [4.69, 9.17) is 0 Å². The molecule has 1 aliphatic rings. The highest BCUT2D eigenvalue weighted by Crippen LogP contribution is 2.24. The number of nitrogens with zero attached hydrogens (tertiary/aromatic N) is 3. The lowest BCUT2D eigenvalue weighted by Crippen LogP contribution is -2.48. The van der Waals surface area contributed by atoms with Crippen LogP contribution in [0.5, 0.6) is 0 Å². The number of rotatable bonds is 3. The standard InChI is InChI=1S/C18H19N3O2S/c1-15-5-4-7-17(13-15)24(22,23)21-11-9-20(10-12-21)18-8-3-2-6-16(18)14-19/h2-8,13H,9-12H2,1H3. The van der Waals surface area contributed by atoms with Crippen molar-refractivity contribution in [3.8, 4) is 6.07 Å². The first kappa shape index (κ1) is 16.5. The van der Waals surface area contributed by atoms with Gasteiger partial charge in [0.05, 0.1) is 16.1 Å². The molecule has 3 rings (SSSR count). The van der Waals surface area contributed by atoms with E-state index in [9.17, 15) is 13.7 Å². The Morgan fingerprint density at radius 2 is 1.71 bits per heavy atom.